The number of hydrogen-bond donors (Lipinski definition) is 0. The molecule has 1 aromatic heterocycles. The smallest absolute Gasteiger partial charge is 0.224 e. The molecule has 0 fully saturated rings. The lowest BCUT2D eigenvalue weighted by Crippen LogP contribution is -2.00. The molecule has 3 aromatic rings. The Hall–Kier alpha value is -2.34. The van der Waals surface area contributed by atoms with E-state index in [4.69, 9.17) is 4.74 Å². The van der Waals surface area contributed by atoms with E-state index in [2.05, 4.69) is 25.9 Å². The third-order valence-electron chi connectivity index (χ3n) is 3.27. The van der Waals surface area contributed by atoms with Gasteiger partial charge in [-0.05, 0) is 29.8 Å². The van der Waals surface area contributed by atoms with Crippen LogP contribution in [0.5, 0.6) is 5.88 Å². The quantitative estimate of drug-likeness (QED) is 0.654. The van der Waals surface area contributed by atoms with Crippen molar-refractivity contribution in [2.24, 2.45) is 0 Å². The van der Waals surface area contributed by atoms with Gasteiger partial charge in [0.25, 0.3) is 0 Å². The first-order valence-corrected chi connectivity index (χ1v) is 7.51. The van der Waals surface area contributed by atoms with E-state index in [0.29, 0.717) is 5.56 Å². The lowest BCUT2D eigenvalue weighted by Gasteiger charge is -2.10. The van der Waals surface area contributed by atoms with Crippen LogP contribution < -0.4 is 4.74 Å². The van der Waals surface area contributed by atoms with Gasteiger partial charge in [-0.2, -0.15) is 4.98 Å². The van der Waals surface area contributed by atoms with Crippen molar-refractivity contribution < 1.29 is 13.5 Å². The van der Waals surface area contributed by atoms with Crippen molar-refractivity contribution in [3.8, 4) is 28.4 Å². The first kappa shape index (κ1) is 15.6. The summed E-state index contributed by atoms with van der Waals surface area (Å²) >= 11 is 3.40. The summed E-state index contributed by atoms with van der Waals surface area (Å²) < 4.78 is 33.9. The molecule has 1 heterocycles. The summed E-state index contributed by atoms with van der Waals surface area (Å²) in [5, 5.41) is 0. The molecule has 0 aliphatic carbocycles. The Labute approximate surface area is 140 Å². The maximum absolute atomic E-state index is 13.9. The van der Waals surface area contributed by atoms with Crippen LogP contribution >= 0.6 is 15.9 Å². The minimum Gasteiger partial charge on any atom is -0.480 e. The van der Waals surface area contributed by atoms with Gasteiger partial charge in [0.15, 0.2) is 5.82 Å². The van der Waals surface area contributed by atoms with Crippen LogP contribution in [0.1, 0.15) is 0 Å². The first-order valence-electron chi connectivity index (χ1n) is 6.71. The number of methoxy groups -OCH3 is 1. The maximum Gasteiger partial charge on any atom is 0.224 e. The number of halogens is 3. The zero-order chi connectivity index (χ0) is 16.4. The molecule has 0 unspecified atom stereocenters. The van der Waals surface area contributed by atoms with Crippen molar-refractivity contribution in [3.05, 3.63) is 64.8 Å². The number of aromatic nitrogens is 2. The average Bonchev–Trinajstić information content (AvgIpc) is 2.54. The van der Waals surface area contributed by atoms with Gasteiger partial charge in [-0.15, -0.1) is 0 Å². The fourth-order valence-corrected chi connectivity index (χ4v) is 2.61. The zero-order valence-corrected chi connectivity index (χ0v) is 13.6. The molecule has 0 amide bonds. The van der Waals surface area contributed by atoms with E-state index in [9.17, 15) is 8.78 Å². The topological polar surface area (TPSA) is 35.0 Å². The van der Waals surface area contributed by atoms with Crippen molar-refractivity contribution >= 4 is 15.9 Å². The van der Waals surface area contributed by atoms with E-state index in [1.807, 2.05) is 24.3 Å². The Bertz CT molecular complexity index is 851. The van der Waals surface area contributed by atoms with Gasteiger partial charge in [-0.3, -0.25) is 0 Å². The number of nitrogens with zero attached hydrogens (tertiary/aromatic N) is 2. The van der Waals surface area contributed by atoms with Gasteiger partial charge in [-0.1, -0.05) is 34.1 Å². The standard InChI is InChI=1S/C17H11BrF2N2O/c1-23-17-12(10-4-2-5-11(18)8-10)9-21-16(22-17)15-13(19)6-3-7-14(15)20/h2-9H,1H3. The summed E-state index contributed by atoms with van der Waals surface area (Å²) in [4.78, 5) is 8.26. The third-order valence-corrected chi connectivity index (χ3v) is 3.76. The molecular formula is C17H11BrF2N2O. The van der Waals surface area contributed by atoms with Crippen LogP contribution in [-0.2, 0) is 0 Å². The molecule has 0 atom stereocenters. The lowest BCUT2D eigenvalue weighted by atomic mass is 10.1. The molecular weight excluding hydrogens is 366 g/mol. The number of rotatable bonds is 3. The van der Waals surface area contributed by atoms with Crippen LogP contribution in [0.15, 0.2) is 53.1 Å². The molecule has 23 heavy (non-hydrogen) atoms. The Kier molecular flexibility index (Phi) is 4.34. The minimum atomic E-state index is -0.720. The molecule has 0 N–H and O–H groups in total. The number of benzene rings is 2. The summed E-state index contributed by atoms with van der Waals surface area (Å²) in [5.74, 6) is -1.25. The van der Waals surface area contributed by atoms with E-state index in [1.165, 1.54) is 19.4 Å². The largest absolute Gasteiger partial charge is 0.480 e. The highest BCUT2D eigenvalue weighted by atomic mass is 79.9. The van der Waals surface area contributed by atoms with Gasteiger partial charge in [0.1, 0.15) is 11.6 Å². The highest BCUT2D eigenvalue weighted by Gasteiger charge is 2.17. The van der Waals surface area contributed by atoms with Crippen LogP contribution in [0.25, 0.3) is 22.5 Å². The van der Waals surface area contributed by atoms with Crippen molar-refractivity contribution in [2.45, 2.75) is 0 Å². The van der Waals surface area contributed by atoms with E-state index < -0.39 is 11.6 Å². The van der Waals surface area contributed by atoms with Crippen LogP contribution in [0, 0.1) is 11.6 Å². The molecule has 6 heteroatoms. The van der Waals surface area contributed by atoms with Crippen LogP contribution in [0.3, 0.4) is 0 Å². The third kappa shape index (κ3) is 3.07. The van der Waals surface area contributed by atoms with Gasteiger partial charge >= 0.3 is 0 Å². The molecule has 0 bridgehead atoms. The monoisotopic (exact) mass is 376 g/mol. The van der Waals surface area contributed by atoms with Gasteiger partial charge in [0.05, 0.1) is 18.2 Å². The fourth-order valence-electron chi connectivity index (χ4n) is 2.21. The highest BCUT2D eigenvalue weighted by molar-refractivity contribution is 9.10. The van der Waals surface area contributed by atoms with Gasteiger partial charge in [0.2, 0.25) is 5.88 Å². The van der Waals surface area contributed by atoms with Crippen molar-refractivity contribution in [2.75, 3.05) is 7.11 Å². The van der Waals surface area contributed by atoms with Crippen molar-refractivity contribution in [3.63, 3.8) is 0 Å². The van der Waals surface area contributed by atoms with Crippen molar-refractivity contribution in [1.82, 2.24) is 9.97 Å². The van der Waals surface area contributed by atoms with E-state index in [-0.39, 0.29) is 17.3 Å². The summed E-state index contributed by atoms with van der Waals surface area (Å²) in [6.07, 6.45) is 1.49. The fraction of sp³-hybridized carbons (Fsp3) is 0.0588. The second-order valence-corrected chi connectivity index (χ2v) is 5.64. The molecule has 0 aliphatic rings. The minimum absolute atomic E-state index is 0.0591. The van der Waals surface area contributed by atoms with Crippen LogP contribution in [-0.4, -0.2) is 17.1 Å². The molecule has 0 spiro atoms. The Morgan fingerprint density at radius 1 is 1.04 bits per heavy atom. The summed E-state index contributed by atoms with van der Waals surface area (Å²) in [6, 6.07) is 11.1. The average molecular weight is 377 g/mol. The Morgan fingerprint density at radius 3 is 2.39 bits per heavy atom. The van der Waals surface area contributed by atoms with E-state index in [0.717, 1.165) is 22.2 Å². The molecule has 0 radical (unpaired) electrons. The Balaban J connectivity index is 2.14. The molecule has 116 valence electrons. The predicted octanol–water partition coefficient (Wildman–Crippen LogP) is 4.86. The molecule has 3 nitrogen and oxygen atoms in total. The zero-order valence-electron chi connectivity index (χ0n) is 12.1. The van der Waals surface area contributed by atoms with E-state index >= 15 is 0 Å². The highest BCUT2D eigenvalue weighted by Crippen LogP contribution is 2.32. The number of ether oxygens (including phenoxy) is 1. The lowest BCUT2D eigenvalue weighted by molar-refractivity contribution is 0.399. The van der Waals surface area contributed by atoms with Gasteiger partial charge < -0.3 is 4.74 Å². The SMILES string of the molecule is COc1nc(-c2c(F)cccc2F)ncc1-c1cccc(Br)c1. The second kappa shape index (κ2) is 6.42. The molecule has 2 aromatic carbocycles. The normalized spacial score (nSPS) is 10.6. The van der Waals surface area contributed by atoms with Gasteiger partial charge in [0, 0.05) is 10.7 Å². The summed E-state index contributed by atoms with van der Waals surface area (Å²) in [7, 11) is 1.45. The summed E-state index contributed by atoms with van der Waals surface area (Å²) in [5.41, 5.74) is 1.19. The van der Waals surface area contributed by atoms with Crippen LogP contribution in [0.4, 0.5) is 8.78 Å². The van der Waals surface area contributed by atoms with Gasteiger partial charge in [-0.25, -0.2) is 13.8 Å². The predicted molar refractivity (Wildman–Crippen MR) is 87.1 cm³/mol. The Morgan fingerprint density at radius 2 is 1.74 bits per heavy atom. The molecule has 0 saturated carbocycles. The number of hydrogen-bond acceptors (Lipinski definition) is 3. The molecule has 0 aliphatic heterocycles. The molecule has 3 rings (SSSR count). The van der Waals surface area contributed by atoms with E-state index in [1.54, 1.807) is 0 Å². The molecule has 0 saturated heterocycles. The van der Waals surface area contributed by atoms with Crippen LogP contribution in [0.2, 0.25) is 0 Å². The first-order chi connectivity index (χ1) is 11.1. The van der Waals surface area contributed by atoms with Crippen molar-refractivity contribution in [1.29, 1.82) is 0 Å². The maximum atomic E-state index is 13.9. The summed E-state index contributed by atoms with van der Waals surface area (Å²) in [6.45, 7) is 0. The second-order valence-electron chi connectivity index (χ2n) is 4.72.